The van der Waals surface area contributed by atoms with Crippen LogP contribution in [0.4, 0.5) is 0 Å². The van der Waals surface area contributed by atoms with Gasteiger partial charge in [0.1, 0.15) is 0 Å². The van der Waals surface area contributed by atoms with E-state index < -0.39 is 6.04 Å². The fourth-order valence-electron chi connectivity index (χ4n) is 1.39. The van der Waals surface area contributed by atoms with Gasteiger partial charge < -0.3 is 5.73 Å². The molecule has 0 saturated carbocycles. The molecular formula is C12H18N2O. The molecule has 0 aliphatic heterocycles. The van der Waals surface area contributed by atoms with Gasteiger partial charge in [0.15, 0.2) is 5.78 Å². The maximum atomic E-state index is 11.9. The number of ketones is 1. The molecule has 1 heterocycles. The lowest BCUT2D eigenvalue weighted by Gasteiger charge is -2.16. The molecule has 1 rings (SSSR count). The Kier molecular flexibility index (Phi) is 3.97. The van der Waals surface area contributed by atoms with Gasteiger partial charge >= 0.3 is 0 Å². The van der Waals surface area contributed by atoms with Gasteiger partial charge in [-0.05, 0) is 24.5 Å². The van der Waals surface area contributed by atoms with E-state index in [1.807, 2.05) is 26.8 Å². The molecule has 0 aliphatic carbocycles. The van der Waals surface area contributed by atoms with E-state index in [4.69, 9.17) is 5.73 Å². The molecule has 2 N–H and O–H groups in total. The van der Waals surface area contributed by atoms with Gasteiger partial charge in [0.2, 0.25) is 0 Å². The summed E-state index contributed by atoms with van der Waals surface area (Å²) in [7, 11) is 0. The molecule has 82 valence electrons. The highest BCUT2D eigenvalue weighted by atomic mass is 16.1. The van der Waals surface area contributed by atoms with E-state index in [9.17, 15) is 4.79 Å². The van der Waals surface area contributed by atoms with E-state index in [1.165, 1.54) is 0 Å². The van der Waals surface area contributed by atoms with Crippen LogP contribution in [0.25, 0.3) is 0 Å². The first kappa shape index (κ1) is 11.9. The molecule has 2 atom stereocenters. The third-order valence-corrected chi connectivity index (χ3v) is 2.72. The van der Waals surface area contributed by atoms with E-state index in [2.05, 4.69) is 4.98 Å². The van der Waals surface area contributed by atoms with Crippen molar-refractivity contribution in [3.8, 4) is 0 Å². The van der Waals surface area contributed by atoms with Crippen molar-refractivity contribution in [1.82, 2.24) is 4.98 Å². The number of aromatic nitrogens is 1. The zero-order chi connectivity index (χ0) is 11.4. The Morgan fingerprint density at radius 2 is 2.20 bits per heavy atom. The minimum absolute atomic E-state index is 0.0134. The van der Waals surface area contributed by atoms with Gasteiger partial charge in [0.25, 0.3) is 0 Å². The summed E-state index contributed by atoms with van der Waals surface area (Å²) < 4.78 is 0. The minimum Gasteiger partial charge on any atom is -0.321 e. The zero-order valence-corrected chi connectivity index (χ0v) is 9.53. The van der Waals surface area contributed by atoms with Crippen LogP contribution in [0, 0.1) is 12.8 Å². The number of pyridine rings is 1. The van der Waals surface area contributed by atoms with E-state index >= 15 is 0 Å². The van der Waals surface area contributed by atoms with E-state index in [-0.39, 0.29) is 11.7 Å². The second-order valence-corrected chi connectivity index (χ2v) is 4.03. The number of hydrogen-bond acceptors (Lipinski definition) is 3. The molecule has 15 heavy (non-hydrogen) atoms. The molecule has 3 nitrogen and oxygen atoms in total. The van der Waals surface area contributed by atoms with Crippen molar-refractivity contribution in [3.05, 3.63) is 29.6 Å². The van der Waals surface area contributed by atoms with Gasteiger partial charge in [-0.2, -0.15) is 0 Å². The molecule has 1 aromatic heterocycles. The van der Waals surface area contributed by atoms with Crippen LogP contribution in [-0.4, -0.2) is 16.8 Å². The molecule has 0 fully saturated rings. The van der Waals surface area contributed by atoms with Crippen LogP contribution >= 0.6 is 0 Å². The smallest absolute Gasteiger partial charge is 0.181 e. The number of carbonyl (C=O) groups excluding carboxylic acids is 1. The van der Waals surface area contributed by atoms with Gasteiger partial charge in [-0.25, -0.2) is 0 Å². The van der Waals surface area contributed by atoms with E-state index in [0.29, 0.717) is 5.56 Å². The van der Waals surface area contributed by atoms with Crippen molar-refractivity contribution in [2.75, 3.05) is 0 Å². The lowest BCUT2D eigenvalue weighted by atomic mass is 9.93. The molecule has 3 heteroatoms. The molecule has 0 amide bonds. The number of aryl methyl sites for hydroxylation is 1. The summed E-state index contributed by atoms with van der Waals surface area (Å²) in [5, 5.41) is 0. The summed E-state index contributed by atoms with van der Waals surface area (Å²) >= 11 is 0. The summed E-state index contributed by atoms with van der Waals surface area (Å²) in [6.45, 7) is 5.94. The first-order valence-electron chi connectivity index (χ1n) is 5.27. The van der Waals surface area contributed by atoms with E-state index in [1.54, 1.807) is 12.4 Å². The summed E-state index contributed by atoms with van der Waals surface area (Å²) in [5.74, 6) is 0.193. The molecule has 0 bridgehead atoms. The molecular weight excluding hydrogens is 188 g/mol. The second kappa shape index (κ2) is 5.03. The highest BCUT2D eigenvalue weighted by molar-refractivity contribution is 6.00. The Bertz CT molecular complexity index is 349. The largest absolute Gasteiger partial charge is 0.321 e. The maximum absolute atomic E-state index is 11.9. The first-order valence-corrected chi connectivity index (χ1v) is 5.27. The number of rotatable bonds is 4. The van der Waals surface area contributed by atoms with Crippen LogP contribution in [0.3, 0.4) is 0 Å². The predicted octanol–water partition coefficient (Wildman–Crippen LogP) is 1.95. The standard InChI is InChI=1S/C12H18N2O/c1-4-9(3)11(13)12(15)10-5-8(2)6-14-7-10/h5-7,9,11H,4,13H2,1-3H3. The summed E-state index contributed by atoms with van der Waals surface area (Å²) in [6, 6.07) is 1.41. The van der Waals surface area contributed by atoms with Crippen molar-refractivity contribution in [1.29, 1.82) is 0 Å². The van der Waals surface area contributed by atoms with Gasteiger partial charge in [-0.1, -0.05) is 20.3 Å². The lowest BCUT2D eigenvalue weighted by Crippen LogP contribution is -2.36. The molecule has 0 saturated heterocycles. The Labute approximate surface area is 90.7 Å². The molecule has 1 aromatic rings. The Morgan fingerprint density at radius 1 is 1.53 bits per heavy atom. The normalized spacial score (nSPS) is 14.7. The monoisotopic (exact) mass is 206 g/mol. The Balaban J connectivity index is 2.85. The number of hydrogen-bond donors (Lipinski definition) is 1. The van der Waals surface area contributed by atoms with Crippen molar-refractivity contribution >= 4 is 5.78 Å². The fourth-order valence-corrected chi connectivity index (χ4v) is 1.39. The number of Topliss-reactive ketones (excluding diaryl/α,β-unsaturated/α-hetero) is 1. The Morgan fingerprint density at radius 3 is 2.73 bits per heavy atom. The molecule has 0 aliphatic rings. The van der Waals surface area contributed by atoms with Crippen LogP contribution < -0.4 is 5.73 Å². The van der Waals surface area contributed by atoms with Crippen LogP contribution in [-0.2, 0) is 0 Å². The lowest BCUT2D eigenvalue weighted by molar-refractivity contribution is 0.0934. The highest BCUT2D eigenvalue weighted by Gasteiger charge is 2.20. The highest BCUT2D eigenvalue weighted by Crippen LogP contribution is 2.12. The van der Waals surface area contributed by atoms with Crippen LogP contribution in [0.1, 0.15) is 36.2 Å². The third kappa shape index (κ3) is 2.86. The maximum Gasteiger partial charge on any atom is 0.181 e. The van der Waals surface area contributed by atoms with Crippen molar-refractivity contribution in [2.24, 2.45) is 11.7 Å². The molecule has 0 radical (unpaired) electrons. The average Bonchev–Trinajstić information content (AvgIpc) is 2.26. The quantitative estimate of drug-likeness (QED) is 0.766. The van der Waals surface area contributed by atoms with Gasteiger partial charge in [-0.3, -0.25) is 9.78 Å². The van der Waals surface area contributed by atoms with Crippen molar-refractivity contribution < 1.29 is 4.79 Å². The summed E-state index contributed by atoms with van der Waals surface area (Å²) in [5.41, 5.74) is 7.47. The van der Waals surface area contributed by atoms with Gasteiger partial charge in [-0.15, -0.1) is 0 Å². The van der Waals surface area contributed by atoms with E-state index in [0.717, 1.165) is 12.0 Å². The molecule has 0 aromatic carbocycles. The van der Waals surface area contributed by atoms with Gasteiger partial charge in [0.05, 0.1) is 6.04 Å². The number of nitrogens with two attached hydrogens (primary N) is 1. The number of nitrogens with zero attached hydrogens (tertiary/aromatic N) is 1. The predicted molar refractivity (Wildman–Crippen MR) is 60.7 cm³/mol. The minimum atomic E-state index is -0.418. The van der Waals surface area contributed by atoms with Gasteiger partial charge in [0, 0.05) is 18.0 Å². The molecule has 0 spiro atoms. The second-order valence-electron chi connectivity index (χ2n) is 4.03. The fraction of sp³-hybridized carbons (Fsp3) is 0.500. The summed E-state index contributed by atoms with van der Waals surface area (Å²) in [6.07, 6.45) is 4.22. The summed E-state index contributed by atoms with van der Waals surface area (Å²) in [4.78, 5) is 15.9. The number of carbonyl (C=O) groups is 1. The van der Waals surface area contributed by atoms with Crippen molar-refractivity contribution in [2.45, 2.75) is 33.2 Å². The molecule has 2 unspecified atom stereocenters. The van der Waals surface area contributed by atoms with Crippen LogP contribution in [0.5, 0.6) is 0 Å². The van der Waals surface area contributed by atoms with Crippen LogP contribution in [0.2, 0.25) is 0 Å². The first-order chi connectivity index (χ1) is 7.06. The Hall–Kier alpha value is -1.22. The third-order valence-electron chi connectivity index (χ3n) is 2.72. The average molecular weight is 206 g/mol. The van der Waals surface area contributed by atoms with Crippen LogP contribution in [0.15, 0.2) is 18.5 Å². The SMILES string of the molecule is CCC(C)C(N)C(=O)c1cncc(C)c1. The zero-order valence-electron chi connectivity index (χ0n) is 9.53. The topological polar surface area (TPSA) is 56.0 Å². The van der Waals surface area contributed by atoms with Crippen molar-refractivity contribution in [3.63, 3.8) is 0 Å².